The monoisotopic (exact) mass is 321 g/mol. The van der Waals surface area contributed by atoms with Crippen molar-refractivity contribution in [3.8, 4) is 5.75 Å². The zero-order valence-electron chi connectivity index (χ0n) is 11.5. The molecule has 122 valence electrons. The third-order valence-electron chi connectivity index (χ3n) is 3.56. The highest BCUT2D eigenvalue weighted by atomic mass is 19.4. The summed E-state index contributed by atoms with van der Waals surface area (Å²) in [5, 5.41) is 11.9. The van der Waals surface area contributed by atoms with E-state index in [1.807, 2.05) is 0 Å². The van der Waals surface area contributed by atoms with Gasteiger partial charge in [-0.3, -0.25) is 4.79 Å². The molecule has 2 atom stereocenters. The maximum absolute atomic E-state index is 14.0. The number of aliphatic carboxylic acids is 1. The number of alkyl halides is 3. The van der Waals surface area contributed by atoms with Crippen molar-refractivity contribution in [3.05, 3.63) is 29.6 Å². The van der Waals surface area contributed by atoms with E-state index >= 15 is 0 Å². The van der Waals surface area contributed by atoms with Crippen LogP contribution in [0.3, 0.4) is 0 Å². The van der Waals surface area contributed by atoms with E-state index in [-0.39, 0.29) is 17.9 Å². The van der Waals surface area contributed by atoms with Gasteiger partial charge in [0.2, 0.25) is 0 Å². The molecule has 0 aromatic heterocycles. The summed E-state index contributed by atoms with van der Waals surface area (Å²) >= 11 is 0. The van der Waals surface area contributed by atoms with Crippen LogP contribution in [0.25, 0.3) is 0 Å². The summed E-state index contributed by atoms with van der Waals surface area (Å²) < 4.78 is 53.9. The van der Waals surface area contributed by atoms with Crippen molar-refractivity contribution in [3.63, 3.8) is 0 Å². The summed E-state index contributed by atoms with van der Waals surface area (Å²) in [6.45, 7) is 0.531. The number of rotatable bonds is 4. The lowest BCUT2D eigenvalue weighted by atomic mass is 9.86. The molecule has 0 saturated carbocycles. The number of hydrogen-bond acceptors (Lipinski definition) is 3. The zero-order chi connectivity index (χ0) is 16.3. The lowest BCUT2D eigenvalue weighted by Crippen LogP contribution is -2.33. The molecule has 0 aliphatic carbocycles. The van der Waals surface area contributed by atoms with E-state index in [0.717, 1.165) is 6.07 Å². The summed E-state index contributed by atoms with van der Waals surface area (Å²) in [6, 6.07) is 2.55. The van der Waals surface area contributed by atoms with E-state index in [1.165, 1.54) is 6.07 Å². The minimum Gasteiger partial charge on any atom is -0.481 e. The van der Waals surface area contributed by atoms with Gasteiger partial charge in [-0.2, -0.15) is 0 Å². The molecule has 2 N–H and O–H groups in total. The minimum atomic E-state index is -4.87. The third kappa shape index (κ3) is 4.59. The fourth-order valence-corrected chi connectivity index (χ4v) is 2.65. The Kier molecular flexibility index (Phi) is 4.90. The average Bonchev–Trinajstić information content (AvgIpc) is 2.36. The summed E-state index contributed by atoms with van der Waals surface area (Å²) in [4.78, 5) is 10.7. The number of benzene rings is 1. The molecule has 0 bridgehead atoms. The number of ether oxygens (including phenoxy) is 1. The number of hydrogen-bond donors (Lipinski definition) is 2. The molecule has 1 aliphatic heterocycles. The molecule has 0 amide bonds. The first-order valence-corrected chi connectivity index (χ1v) is 6.75. The van der Waals surface area contributed by atoms with Crippen molar-refractivity contribution in [2.75, 3.05) is 6.54 Å². The van der Waals surface area contributed by atoms with Gasteiger partial charge in [0.15, 0.2) is 0 Å². The molecule has 0 radical (unpaired) electrons. The van der Waals surface area contributed by atoms with Gasteiger partial charge < -0.3 is 15.2 Å². The van der Waals surface area contributed by atoms with Crippen LogP contribution in [-0.4, -0.2) is 24.0 Å². The van der Waals surface area contributed by atoms with Gasteiger partial charge in [-0.1, -0.05) is 6.07 Å². The second-order valence-corrected chi connectivity index (χ2v) is 5.23. The van der Waals surface area contributed by atoms with Crippen molar-refractivity contribution in [2.24, 2.45) is 5.92 Å². The van der Waals surface area contributed by atoms with Crippen LogP contribution in [0, 0.1) is 11.7 Å². The second kappa shape index (κ2) is 6.51. The van der Waals surface area contributed by atoms with E-state index in [0.29, 0.717) is 25.5 Å². The SMILES string of the molecule is O=C(O)CC1CCNC(c2ccc(OC(F)(F)F)cc2F)C1. The lowest BCUT2D eigenvalue weighted by molar-refractivity contribution is -0.274. The summed E-state index contributed by atoms with van der Waals surface area (Å²) in [6.07, 6.45) is -3.79. The molecule has 1 fully saturated rings. The van der Waals surface area contributed by atoms with Crippen molar-refractivity contribution < 1.29 is 32.2 Å². The molecule has 2 unspecified atom stereocenters. The van der Waals surface area contributed by atoms with Gasteiger partial charge in [0.1, 0.15) is 11.6 Å². The highest BCUT2D eigenvalue weighted by molar-refractivity contribution is 5.67. The van der Waals surface area contributed by atoms with Crippen LogP contribution >= 0.6 is 0 Å². The van der Waals surface area contributed by atoms with Gasteiger partial charge >= 0.3 is 12.3 Å². The van der Waals surface area contributed by atoms with E-state index in [1.54, 1.807) is 0 Å². The lowest BCUT2D eigenvalue weighted by Gasteiger charge is -2.30. The Bertz CT molecular complexity index is 547. The van der Waals surface area contributed by atoms with Crippen LogP contribution in [0.4, 0.5) is 17.6 Å². The Hall–Kier alpha value is -1.83. The van der Waals surface area contributed by atoms with Crippen molar-refractivity contribution in [2.45, 2.75) is 31.7 Å². The van der Waals surface area contributed by atoms with E-state index in [2.05, 4.69) is 10.1 Å². The maximum atomic E-state index is 14.0. The Morgan fingerprint density at radius 3 is 2.73 bits per heavy atom. The van der Waals surface area contributed by atoms with Crippen LogP contribution in [0.5, 0.6) is 5.75 Å². The number of carboxylic acids is 1. The topological polar surface area (TPSA) is 58.6 Å². The number of halogens is 4. The molecular formula is C14H15F4NO3. The standard InChI is InChI=1S/C14H15F4NO3/c15-11-7-9(22-14(16,17)18)1-2-10(11)12-5-8(3-4-19-12)6-13(20)21/h1-2,7-8,12,19H,3-6H2,(H,20,21). The minimum absolute atomic E-state index is 0.00489. The van der Waals surface area contributed by atoms with Crippen LogP contribution in [-0.2, 0) is 4.79 Å². The predicted molar refractivity (Wildman–Crippen MR) is 68.8 cm³/mol. The van der Waals surface area contributed by atoms with Gasteiger partial charge in [0, 0.05) is 24.1 Å². The van der Waals surface area contributed by atoms with Crippen molar-refractivity contribution in [1.82, 2.24) is 5.32 Å². The summed E-state index contributed by atoms with van der Waals surface area (Å²) in [5.74, 6) is -2.43. The van der Waals surface area contributed by atoms with Crippen LogP contribution in [0.15, 0.2) is 18.2 Å². The van der Waals surface area contributed by atoms with Crippen molar-refractivity contribution in [1.29, 1.82) is 0 Å². The molecule has 8 heteroatoms. The largest absolute Gasteiger partial charge is 0.573 e. The summed E-state index contributed by atoms with van der Waals surface area (Å²) in [5.41, 5.74) is 0.213. The highest BCUT2D eigenvalue weighted by Crippen LogP contribution is 2.33. The summed E-state index contributed by atoms with van der Waals surface area (Å²) in [7, 11) is 0. The molecule has 2 rings (SSSR count). The maximum Gasteiger partial charge on any atom is 0.573 e. The van der Waals surface area contributed by atoms with E-state index < -0.39 is 29.9 Å². The van der Waals surface area contributed by atoms with Gasteiger partial charge in [-0.15, -0.1) is 13.2 Å². The molecule has 1 aromatic carbocycles. The first-order valence-electron chi connectivity index (χ1n) is 6.75. The Balaban J connectivity index is 2.10. The van der Waals surface area contributed by atoms with Crippen LogP contribution in [0.1, 0.15) is 30.9 Å². The number of nitrogens with one attached hydrogen (secondary N) is 1. The van der Waals surface area contributed by atoms with Gasteiger partial charge in [0.05, 0.1) is 0 Å². The molecule has 1 aromatic rings. The third-order valence-corrected chi connectivity index (χ3v) is 3.56. The Morgan fingerprint density at radius 1 is 1.41 bits per heavy atom. The van der Waals surface area contributed by atoms with Crippen LogP contribution in [0.2, 0.25) is 0 Å². The first-order chi connectivity index (χ1) is 10.2. The molecule has 1 heterocycles. The highest BCUT2D eigenvalue weighted by Gasteiger charge is 2.32. The smallest absolute Gasteiger partial charge is 0.481 e. The van der Waals surface area contributed by atoms with Gasteiger partial charge in [0.25, 0.3) is 0 Å². The number of carboxylic acid groups (broad SMARTS) is 1. The average molecular weight is 321 g/mol. The van der Waals surface area contributed by atoms with E-state index in [4.69, 9.17) is 5.11 Å². The van der Waals surface area contributed by atoms with Crippen LogP contribution < -0.4 is 10.1 Å². The fourth-order valence-electron chi connectivity index (χ4n) is 2.65. The molecule has 1 aliphatic rings. The first kappa shape index (κ1) is 16.5. The second-order valence-electron chi connectivity index (χ2n) is 5.23. The van der Waals surface area contributed by atoms with Crippen molar-refractivity contribution >= 4 is 5.97 Å². The predicted octanol–water partition coefficient (Wildman–Crippen LogP) is 3.24. The Labute approximate surface area is 124 Å². The van der Waals surface area contributed by atoms with Gasteiger partial charge in [-0.05, 0) is 31.4 Å². The molecule has 22 heavy (non-hydrogen) atoms. The molecule has 1 saturated heterocycles. The molecular weight excluding hydrogens is 306 g/mol. The fraction of sp³-hybridized carbons (Fsp3) is 0.500. The number of piperidine rings is 1. The molecule has 4 nitrogen and oxygen atoms in total. The normalized spacial score (nSPS) is 22.4. The quantitative estimate of drug-likeness (QED) is 0.836. The van der Waals surface area contributed by atoms with E-state index in [9.17, 15) is 22.4 Å². The van der Waals surface area contributed by atoms with Gasteiger partial charge in [-0.25, -0.2) is 4.39 Å². The molecule has 0 spiro atoms. The Morgan fingerprint density at radius 2 is 2.14 bits per heavy atom. The zero-order valence-corrected chi connectivity index (χ0v) is 11.5. The number of carbonyl (C=O) groups is 1.